The minimum atomic E-state index is -1.65. The van der Waals surface area contributed by atoms with Crippen LogP contribution in [0.15, 0.2) is 30.3 Å². The van der Waals surface area contributed by atoms with E-state index in [0.717, 1.165) is 5.56 Å². The third-order valence-corrected chi connectivity index (χ3v) is 2.75. The summed E-state index contributed by atoms with van der Waals surface area (Å²) in [5.74, 6) is 1.08. The van der Waals surface area contributed by atoms with Gasteiger partial charge in [-0.2, -0.15) is 0 Å². The van der Waals surface area contributed by atoms with E-state index in [-0.39, 0.29) is 5.82 Å². The quantitative estimate of drug-likeness (QED) is 0.781. The number of aryl methyl sites for hydroxylation is 1. The zero-order chi connectivity index (χ0) is 13.9. The molecule has 6 heteroatoms. The SMILES string of the molecule is Cc1nc(C=Cc2ccccc2)nc(C(Cl)(Cl)Cl)n1. The van der Waals surface area contributed by atoms with Gasteiger partial charge < -0.3 is 0 Å². The number of rotatable bonds is 2. The van der Waals surface area contributed by atoms with Crippen LogP contribution >= 0.6 is 34.8 Å². The number of nitrogens with zero attached hydrogens (tertiary/aromatic N) is 3. The molecule has 2 rings (SSSR count). The molecule has 0 saturated carbocycles. The summed E-state index contributed by atoms with van der Waals surface area (Å²) in [5.41, 5.74) is 1.04. The van der Waals surface area contributed by atoms with Gasteiger partial charge in [-0.15, -0.1) is 0 Å². The van der Waals surface area contributed by atoms with Crippen LogP contribution in [-0.4, -0.2) is 15.0 Å². The first-order valence-corrected chi connectivity index (χ1v) is 6.61. The number of hydrogen-bond donors (Lipinski definition) is 0. The molecule has 0 radical (unpaired) electrons. The summed E-state index contributed by atoms with van der Waals surface area (Å²) in [7, 11) is 0. The Morgan fingerprint density at radius 1 is 0.947 bits per heavy atom. The van der Waals surface area contributed by atoms with Gasteiger partial charge in [-0.05, 0) is 18.6 Å². The van der Waals surface area contributed by atoms with Crippen LogP contribution < -0.4 is 0 Å². The van der Waals surface area contributed by atoms with E-state index < -0.39 is 3.79 Å². The highest BCUT2D eigenvalue weighted by Crippen LogP contribution is 2.35. The van der Waals surface area contributed by atoms with Crippen molar-refractivity contribution in [2.75, 3.05) is 0 Å². The lowest BCUT2D eigenvalue weighted by molar-refractivity contribution is 0.867. The average molecular weight is 315 g/mol. The average Bonchev–Trinajstić information content (AvgIpc) is 2.36. The maximum absolute atomic E-state index is 5.77. The van der Waals surface area contributed by atoms with Crippen LogP contribution in [0, 0.1) is 6.92 Å². The molecule has 0 unspecified atom stereocenters. The van der Waals surface area contributed by atoms with E-state index in [1.807, 2.05) is 36.4 Å². The Bertz CT molecular complexity index is 592. The third-order valence-electron chi connectivity index (χ3n) is 2.24. The van der Waals surface area contributed by atoms with E-state index in [0.29, 0.717) is 11.6 Å². The molecule has 0 spiro atoms. The highest BCUT2D eigenvalue weighted by Gasteiger charge is 2.27. The lowest BCUT2D eigenvalue weighted by Gasteiger charge is -2.09. The van der Waals surface area contributed by atoms with E-state index in [2.05, 4.69) is 15.0 Å². The fourth-order valence-electron chi connectivity index (χ4n) is 1.44. The Morgan fingerprint density at radius 3 is 2.26 bits per heavy atom. The maximum atomic E-state index is 5.77. The van der Waals surface area contributed by atoms with Gasteiger partial charge in [-0.3, -0.25) is 0 Å². The third kappa shape index (κ3) is 4.16. The van der Waals surface area contributed by atoms with Crippen molar-refractivity contribution in [1.29, 1.82) is 0 Å². The summed E-state index contributed by atoms with van der Waals surface area (Å²) >= 11 is 17.3. The van der Waals surface area contributed by atoms with Gasteiger partial charge in [-0.25, -0.2) is 15.0 Å². The van der Waals surface area contributed by atoms with Crippen molar-refractivity contribution < 1.29 is 0 Å². The molecule has 1 heterocycles. The first-order chi connectivity index (χ1) is 8.95. The molecule has 0 N–H and O–H groups in total. The summed E-state index contributed by atoms with van der Waals surface area (Å²) in [6.45, 7) is 1.72. The highest BCUT2D eigenvalue weighted by atomic mass is 35.6. The van der Waals surface area contributed by atoms with Gasteiger partial charge in [0.1, 0.15) is 5.82 Å². The summed E-state index contributed by atoms with van der Waals surface area (Å²) in [6.07, 6.45) is 3.64. The lowest BCUT2D eigenvalue weighted by atomic mass is 10.2. The summed E-state index contributed by atoms with van der Waals surface area (Å²) in [5, 5.41) is 0. The molecule has 0 aliphatic heterocycles. The maximum Gasteiger partial charge on any atom is 0.250 e. The van der Waals surface area contributed by atoms with E-state index >= 15 is 0 Å². The van der Waals surface area contributed by atoms with Gasteiger partial charge >= 0.3 is 0 Å². The second-order valence-corrected chi connectivity index (χ2v) is 6.09. The van der Waals surface area contributed by atoms with Crippen LogP contribution in [-0.2, 0) is 3.79 Å². The lowest BCUT2D eigenvalue weighted by Crippen LogP contribution is -2.11. The molecule has 0 saturated heterocycles. The molecule has 3 nitrogen and oxygen atoms in total. The number of hydrogen-bond acceptors (Lipinski definition) is 3. The Hall–Kier alpha value is -1.16. The van der Waals surface area contributed by atoms with Crippen LogP contribution in [0.2, 0.25) is 0 Å². The molecule has 0 fully saturated rings. The van der Waals surface area contributed by atoms with E-state index in [1.54, 1.807) is 13.0 Å². The van der Waals surface area contributed by atoms with Crippen molar-refractivity contribution in [3.05, 3.63) is 53.4 Å². The minimum absolute atomic E-state index is 0.123. The predicted molar refractivity (Wildman–Crippen MR) is 79.2 cm³/mol. The van der Waals surface area contributed by atoms with E-state index in [4.69, 9.17) is 34.8 Å². The van der Waals surface area contributed by atoms with Gasteiger partial charge in [-0.1, -0.05) is 71.2 Å². The van der Waals surface area contributed by atoms with Crippen LogP contribution in [0.4, 0.5) is 0 Å². The van der Waals surface area contributed by atoms with Crippen molar-refractivity contribution in [2.24, 2.45) is 0 Å². The van der Waals surface area contributed by atoms with E-state index in [9.17, 15) is 0 Å². The smallest absolute Gasteiger partial charge is 0.214 e. The van der Waals surface area contributed by atoms with Crippen molar-refractivity contribution in [2.45, 2.75) is 10.7 Å². The van der Waals surface area contributed by atoms with Crippen molar-refractivity contribution in [1.82, 2.24) is 15.0 Å². The summed E-state index contributed by atoms with van der Waals surface area (Å²) in [6, 6.07) is 9.79. The van der Waals surface area contributed by atoms with Crippen LogP contribution in [0.25, 0.3) is 12.2 Å². The summed E-state index contributed by atoms with van der Waals surface area (Å²) < 4.78 is -1.65. The van der Waals surface area contributed by atoms with Gasteiger partial charge in [0, 0.05) is 0 Å². The molecule has 0 aliphatic rings. The van der Waals surface area contributed by atoms with Crippen LogP contribution in [0.3, 0.4) is 0 Å². The van der Waals surface area contributed by atoms with E-state index in [1.165, 1.54) is 0 Å². The second-order valence-electron chi connectivity index (χ2n) is 3.81. The van der Waals surface area contributed by atoms with Crippen molar-refractivity contribution in [3.8, 4) is 0 Å². The first kappa shape index (κ1) is 14.3. The Labute approximate surface area is 126 Å². The molecular weight excluding hydrogens is 305 g/mol. The Morgan fingerprint density at radius 2 is 1.63 bits per heavy atom. The minimum Gasteiger partial charge on any atom is -0.214 e. The van der Waals surface area contributed by atoms with Gasteiger partial charge in [0.25, 0.3) is 0 Å². The second kappa shape index (κ2) is 5.87. The fourth-order valence-corrected chi connectivity index (χ4v) is 1.69. The molecule has 0 bridgehead atoms. The van der Waals surface area contributed by atoms with Crippen molar-refractivity contribution in [3.63, 3.8) is 0 Å². The van der Waals surface area contributed by atoms with Crippen molar-refractivity contribution >= 4 is 47.0 Å². The van der Waals surface area contributed by atoms with Gasteiger partial charge in [0.05, 0.1) is 0 Å². The molecule has 0 atom stereocenters. The topological polar surface area (TPSA) is 38.7 Å². The zero-order valence-electron chi connectivity index (χ0n) is 10.0. The number of alkyl halides is 3. The standard InChI is InChI=1S/C13H10Cl3N3/c1-9-17-11(19-12(18-9)13(14,15)16)8-7-10-5-3-2-4-6-10/h2-8H,1H3. The Kier molecular flexibility index (Phi) is 4.40. The summed E-state index contributed by atoms with van der Waals surface area (Å²) in [4.78, 5) is 12.3. The number of halogens is 3. The van der Waals surface area contributed by atoms with Crippen LogP contribution in [0.1, 0.15) is 23.0 Å². The molecule has 1 aromatic carbocycles. The molecule has 2 aromatic rings. The van der Waals surface area contributed by atoms with Gasteiger partial charge in [0.15, 0.2) is 11.6 Å². The normalized spacial score (nSPS) is 12.0. The highest BCUT2D eigenvalue weighted by molar-refractivity contribution is 6.66. The first-order valence-electron chi connectivity index (χ1n) is 5.48. The zero-order valence-corrected chi connectivity index (χ0v) is 12.3. The molecular formula is C13H10Cl3N3. The largest absolute Gasteiger partial charge is 0.250 e. The monoisotopic (exact) mass is 313 g/mol. The van der Waals surface area contributed by atoms with Crippen LogP contribution in [0.5, 0.6) is 0 Å². The molecule has 98 valence electrons. The number of benzene rings is 1. The predicted octanol–water partition coefficient (Wildman–Crippen LogP) is 4.18. The number of aromatic nitrogens is 3. The fraction of sp³-hybridized carbons (Fsp3) is 0.154. The molecule has 19 heavy (non-hydrogen) atoms. The molecule has 0 amide bonds. The van der Waals surface area contributed by atoms with Gasteiger partial charge in [0.2, 0.25) is 3.79 Å². The Balaban J connectivity index is 2.31. The molecule has 0 aliphatic carbocycles. The molecule has 1 aromatic heterocycles.